The van der Waals surface area contributed by atoms with Crippen molar-refractivity contribution in [2.75, 3.05) is 13.2 Å². The molecule has 0 amide bonds. The van der Waals surface area contributed by atoms with Crippen molar-refractivity contribution in [1.29, 1.82) is 0 Å². The predicted molar refractivity (Wildman–Crippen MR) is 112 cm³/mol. The van der Waals surface area contributed by atoms with Crippen molar-refractivity contribution in [3.05, 3.63) is 77.9 Å². The van der Waals surface area contributed by atoms with Gasteiger partial charge in [0.05, 0.1) is 10.5 Å². The quantitative estimate of drug-likeness (QED) is 0.405. The summed E-state index contributed by atoms with van der Waals surface area (Å²) in [6, 6.07) is 12.5. The number of ether oxygens (including phenoxy) is 1. The van der Waals surface area contributed by atoms with Gasteiger partial charge in [0.2, 0.25) is 10.0 Å². The van der Waals surface area contributed by atoms with E-state index in [0.29, 0.717) is 5.56 Å². The van der Waals surface area contributed by atoms with Gasteiger partial charge in [-0.2, -0.15) is 0 Å². The topological polar surface area (TPSA) is 89.5 Å². The molecule has 154 valence electrons. The van der Waals surface area contributed by atoms with Gasteiger partial charge in [-0.3, -0.25) is 4.79 Å². The third-order valence-electron chi connectivity index (χ3n) is 4.23. The van der Waals surface area contributed by atoms with E-state index >= 15 is 0 Å². The number of carbonyl (C=O) groups is 2. The van der Waals surface area contributed by atoms with Crippen LogP contribution in [-0.4, -0.2) is 33.3 Å². The summed E-state index contributed by atoms with van der Waals surface area (Å²) >= 11 is 0. The summed E-state index contributed by atoms with van der Waals surface area (Å²) in [5.74, 6) is -1.01. The Bertz CT molecular complexity index is 985. The second-order valence-corrected chi connectivity index (χ2v) is 9.26. The van der Waals surface area contributed by atoms with Gasteiger partial charge in [0, 0.05) is 12.1 Å². The first-order valence-corrected chi connectivity index (χ1v) is 10.5. The zero-order chi connectivity index (χ0) is 21.7. The normalized spacial score (nSPS) is 11.7. The first-order chi connectivity index (χ1) is 13.5. The van der Waals surface area contributed by atoms with Crippen LogP contribution in [0.25, 0.3) is 0 Å². The molecule has 0 saturated carbocycles. The highest BCUT2D eigenvalue weighted by molar-refractivity contribution is 7.89. The van der Waals surface area contributed by atoms with Crippen molar-refractivity contribution >= 4 is 21.8 Å². The van der Waals surface area contributed by atoms with Gasteiger partial charge < -0.3 is 4.74 Å². The molecule has 2 aromatic rings. The van der Waals surface area contributed by atoms with Crippen molar-refractivity contribution in [3.63, 3.8) is 0 Å². The Morgan fingerprint density at radius 3 is 2.07 bits per heavy atom. The molecular weight excluding hydrogens is 390 g/mol. The molecule has 0 unspecified atom stereocenters. The molecule has 0 atom stereocenters. The van der Waals surface area contributed by atoms with Crippen LogP contribution in [0.5, 0.6) is 0 Å². The lowest BCUT2D eigenvalue weighted by molar-refractivity contribution is 0.0474. The van der Waals surface area contributed by atoms with Crippen LogP contribution in [0.4, 0.5) is 0 Å². The zero-order valence-electron chi connectivity index (χ0n) is 16.8. The van der Waals surface area contributed by atoms with E-state index < -0.39 is 22.6 Å². The molecule has 0 aliphatic rings. The average molecular weight is 416 g/mol. The highest BCUT2D eigenvalue weighted by Crippen LogP contribution is 2.22. The minimum Gasteiger partial charge on any atom is -0.454 e. The third kappa shape index (κ3) is 6.10. The van der Waals surface area contributed by atoms with E-state index in [1.807, 2.05) is 12.1 Å². The molecule has 0 saturated heterocycles. The standard InChI is InChI=1S/C22H25NO5S/c1-5-14-23-29(26,27)19-12-8-17(9-13-19)21(25)28-15-20(24)16-6-10-18(11-7-16)22(2,3)4/h5-13,23H,1,14-15H2,2-4H3. The van der Waals surface area contributed by atoms with Gasteiger partial charge >= 0.3 is 5.97 Å². The van der Waals surface area contributed by atoms with Gasteiger partial charge in [-0.05, 0) is 35.2 Å². The first-order valence-electron chi connectivity index (χ1n) is 9.06. The van der Waals surface area contributed by atoms with E-state index in [4.69, 9.17) is 4.74 Å². The fraction of sp³-hybridized carbons (Fsp3) is 0.273. The number of hydrogen-bond donors (Lipinski definition) is 1. The molecule has 0 aliphatic heterocycles. The number of benzene rings is 2. The predicted octanol–water partition coefficient (Wildman–Crippen LogP) is 3.49. The lowest BCUT2D eigenvalue weighted by atomic mass is 9.86. The largest absolute Gasteiger partial charge is 0.454 e. The van der Waals surface area contributed by atoms with Gasteiger partial charge in [0.25, 0.3) is 0 Å². The van der Waals surface area contributed by atoms with Crippen LogP contribution in [0.15, 0.2) is 66.1 Å². The van der Waals surface area contributed by atoms with E-state index in [1.165, 1.54) is 30.3 Å². The van der Waals surface area contributed by atoms with Gasteiger partial charge in [0.1, 0.15) is 0 Å². The van der Waals surface area contributed by atoms with Crippen LogP contribution in [0.1, 0.15) is 47.1 Å². The number of rotatable bonds is 8. The fourth-order valence-corrected chi connectivity index (χ4v) is 3.47. The number of sulfonamides is 1. The molecule has 0 aliphatic carbocycles. The summed E-state index contributed by atoms with van der Waals surface area (Å²) in [7, 11) is -3.67. The van der Waals surface area contributed by atoms with E-state index in [1.54, 1.807) is 12.1 Å². The summed E-state index contributed by atoms with van der Waals surface area (Å²) in [5.41, 5.74) is 1.70. The second kappa shape index (κ2) is 9.15. The van der Waals surface area contributed by atoms with Gasteiger partial charge in [-0.15, -0.1) is 6.58 Å². The molecule has 2 aromatic carbocycles. The molecule has 6 nitrogen and oxygen atoms in total. The van der Waals surface area contributed by atoms with Crippen LogP contribution in [0.2, 0.25) is 0 Å². The minimum absolute atomic E-state index is 0.0190. The molecule has 0 spiro atoms. The van der Waals surface area contributed by atoms with Gasteiger partial charge in [-0.25, -0.2) is 17.9 Å². The Balaban J connectivity index is 1.98. The number of Topliss-reactive ketones (excluding diaryl/α,β-unsaturated/α-hetero) is 1. The van der Waals surface area contributed by atoms with Gasteiger partial charge in [0.15, 0.2) is 12.4 Å². The van der Waals surface area contributed by atoms with Gasteiger partial charge in [-0.1, -0.05) is 51.1 Å². The summed E-state index contributed by atoms with van der Waals surface area (Å²) in [4.78, 5) is 24.4. The van der Waals surface area contributed by atoms with Crippen LogP contribution in [0, 0.1) is 0 Å². The summed E-state index contributed by atoms with van der Waals surface area (Å²) < 4.78 is 31.4. The summed E-state index contributed by atoms with van der Waals surface area (Å²) in [5, 5.41) is 0. The second-order valence-electron chi connectivity index (χ2n) is 7.49. The van der Waals surface area contributed by atoms with Crippen molar-refractivity contribution in [2.24, 2.45) is 0 Å². The number of hydrogen-bond acceptors (Lipinski definition) is 5. The third-order valence-corrected chi connectivity index (χ3v) is 5.66. The molecule has 7 heteroatoms. The maximum atomic E-state index is 12.3. The molecule has 1 N–H and O–H groups in total. The number of esters is 1. The zero-order valence-corrected chi connectivity index (χ0v) is 17.6. The van der Waals surface area contributed by atoms with Crippen LogP contribution >= 0.6 is 0 Å². The van der Waals surface area contributed by atoms with Crippen molar-refractivity contribution in [2.45, 2.75) is 31.1 Å². The lowest BCUT2D eigenvalue weighted by Gasteiger charge is -2.18. The van der Waals surface area contributed by atoms with Crippen LogP contribution in [-0.2, 0) is 20.2 Å². The molecule has 0 aromatic heterocycles. The highest BCUT2D eigenvalue weighted by Gasteiger charge is 2.17. The summed E-state index contributed by atoms with van der Waals surface area (Å²) in [6.45, 7) is 9.40. The molecule has 0 fully saturated rings. The Morgan fingerprint density at radius 1 is 1.00 bits per heavy atom. The highest BCUT2D eigenvalue weighted by atomic mass is 32.2. The first kappa shape index (κ1) is 22.5. The van der Waals surface area contributed by atoms with E-state index in [0.717, 1.165) is 5.56 Å². The smallest absolute Gasteiger partial charge is 0.338 e. The maximum absolute atomic E-state index is 12.3. The Hall–Kier alpha value is -2.77. The van der Waals surface area contributed by atoms with Crippen LogP contribution in [0.3, 0.4) is 0 Å². The summed E-state index contributed by atoms with van der Waals surface area (Å²) in [6.07, 6.45) is 1.43. The van der Waals surface area contributed by atoms with Crippen molar-refractivity contribution < 1.29 is 22.7 Å². The molecule has 29 heavy (non-hydrogen) atoms. The van der Waals surface area contributed by atoms with Crippen LogP contribution < -0.4 is 4.72 Å². The van der Waals surface area contributed by atoms with Crippen molar-refractivity contribution in [1.82, 2.24) is 4.72 Å². The molecule has 0 radical (unpaired) electrons. The molecule has 0 heterocycles. The maximum Gasteiger partial charge on any atom is 0.338 e. The Labute approximate surface area is 171 Å². The fourth-order valence-electron chi connectivity index (χ4n) is 2.48. The van der Waals surface area contributed by atoms with E-state index in [-0.39, 0.29) is 28.2 Å². The number of carbonyl (C=O) groups excluding carboxylic acids is 2. The van der Waals surface area contributed by atoms with E-state index in [2.05, 4.69) is 32.1 Å². The Kier molecular flexibility index (Phi) is 7.11. The molecule has 2 rings (SSSR count). The van der Waals surface area contributed by atoms with Crippen molar-refractivity contribution in [3.8, 4) is 0 Å². The number of ketones is 1. The average Bonchev–Trinajstić information content (AvgIpc) is 2.69. The number of nitrogens with one attached hydrogen (secondary N) is 1. The molecule has 0 bridgehead atoms. The minimum atomic E-state index is -3.67. The van der Waals surface area contributed by atoms with E-state index in [9.17, 15) is 18.0 Å². The monoisotopic (exact) mass is 415 g/mol. The molecular formula is C22H25NO5S. The lowest BCUT2D eigenvalue weighted by Crippen LogP contribution is -2.23. The Morgan fingerprint density at radius 2 is 1.55 bits per heavy atom. The SMILES string of the molecule is C=CCNS(=O)(=O)c1ccc(C(=O)OCC(=O)c2ccc(C(C)(C)C)cc2)cc1.